The first-order chi connectivity index (χ1) is 14.4. The Labute approximate surface area is 188 Å². The summed E-state index contributed by atoms with van der Waals surface area (Å²) in [4.78, 5) is 19.6. The molecule has 0 aliphatic carbocycles. The average molecular weight is 452 g/mol. The molecule has 164 valence electrons. The third-order valence-corrected chi connectivity index (χ3v) is 6.61. The van der Waals surface area contributed by atoms with Gasteiger partial charge in [0.25, 0.3) is 5.91 Å². The number of thioether (sulfide) groups is 1. The first-order valence-corrected chi connectivity index (χ1v) is 11.7. The molecule has 0 radical (unpaired) electrons. The van der Waals surface area contributed by atoms with E-state index in [0.29, 0.717) is 40.3 Å². The SMILES string of the molecule is CC(C)CCN1C(=O)/C(=C/N(CCN2CCOCC2)Cc2ccccc2F)SC1=S. The lowest BCUT2D eigenvalue weighted by atomic mass is 10.1. The largest absolute Gasteiger partial charge is 0.379 e. The van der Waals surface area contributed by atoms with Gasteiger partial charge in [0.1, 0.15) is 10.1 Å². The minimum atomic E-state index is -0.230. The van der Waals surface area contributed by atoms with E-state index in [0.717, 1.165) is 39.3 Å². The molecule has 30 heavy (non-hydrogen) atoms. The molecule has 3 rings (SSSR count). The third kappa shape index (κ3) is 6.51. The van der Waals surface area contributed by atoms with Crippen LogP contribution in [0.15, 0.2) is 35.4 Å². The fourth-order valence-corrected chi connectivity index (χ4v) is 4.68. The number of rotatable bonds is 9. The Balaban J connectivity index is 1.72. The van der Waals surface area contributed by atoms with Gasteiger partial charge in [0, 0.05) is 51.0 Å². The van der Waals surface area contributed by atoms with Crippen LogP contribution in [0.4, 0.5) is 4.39 Å². The summed E-state index contributed by atoms with van der Waals surface area (Å²) >= 11 is 6.78. The Morgan fingerprint density at radius 1 is 1.27 bits per heavy atom. The maximum absolute atomic E-state index is 14.3. The smallest absolute Gasteiger partial charge is 0.267 e. The second kappa shape index (κ2) is 11.2. The molecule has 1 aromatic rings. The molecular weight excluding hydrogens is 421 g/mol. The van der Waals surface area contributed by atoms with Crippen LogP contribution < -0.4 is 0 Å². The van der Waals surface area contributed by atoms with Crippen LogP contribution in [0, 0.1) is 11.7 Å². The Hall–Kier alpha value is -1.48. The molecule has 1 amide bonds. The van der Waals surface area contributed by atoms with Crippen molar-refractivity contribution in [2.75, 3.05) is 45.9 Å². The Morgan fingerprint density at radius 2 is 2.00 bits per heavy atom. The van der Waals surface area contributed by atoms with Gasteiger partial charge in [-0.05, 0) is 18.4 Å². The molecule has 0 atom stereocenters. The van der Waals surface area contributed by atoms with E-state index in [4.69, 9.17) is 17.0 Å². The summed E-state index contributed by atoms with van der Waals surface area (Å²) in [5.74, 6) is 0.229. The number of nitrogens with zero attached hydrogens (tertiary/aromatic N) is 3. The lowest BCUT2D eigenvalue weighted by molar-refractivity contribution is -0.122. The van der Waals surface area contributed by atoms with Gasteiger partial charge in [0.2, 0.25) is 0 Å². The second-order valence-corrected chi connectivity index (χ2v) is 9.69. The van der Waals surface area contributed by atoms with Crippen molar-refractivity contribution in [1.29, 1.82) is 0 Å². The first kappa shape index (κ1) is 23.2. The quantitative estimate of drug-likeness (QED) is 0.421. The summed E-state index contributed by atoms with van der Waals surface area (Å²) < 4.78 is 20.3. The van der Waals surface area contributed by atoms with E-state index >= 15 is 0 Å². The van der Waals surface area contributed by atoms with Crippen molar-refractivity contribution in [3.63, 3.8) is 0 Å². The summed E-state index contributed by atoms with van der Waals surface area (Å²) in [7, 11) is 0. The molecule has 0 unspecified atom stereocenters. The summed E-state index contributed by atoms with van der Waals surface area (Å²) in [6.07, 6.45) is 2.78. The fourth-order valence-electron chi connectivity index (χ4n) is 3.37. The standard InChI is InChI=1S/C22H30FN3O2S2/c1-17(2)7-8-26-21(27)20(30-22(26)29)16-25(10-9-24-11-13-28-14-12-24)15-18-5-3-4-6-19(18)23/h3-6,16-17H,7-15H2,1-2H3/b20-16-. The van der Waals surface area contributed by atoms with E-state index in [1.54, 1.807) is 17.0 Å². The van der Waals surface area contributed by atoms with E-state index in [-0.39, 0.29) is 11.7 Å². The highest BCUT2D eigenvalue weighted by molar-refractivity contribution is 8.26. The third-order valence-electron chi connectivity index (χ3n) is 5.24. The second-order valence-electron chi connectivity index (χ2n) is 8.02. The van der Waals surface area contributed by atoms with E-state index in [2.05, 4.69) is 18.7 Å². The Kier molecular flexibility index (Phi) is 8.68. The molecule has 2 aliphatic rings. The number of hydrogen-bond acceptors (Lipinski definition) is 6. The minimum Gasteiger partial charge on any atom is -0.379 e. The van der Waals surface area contributed by atoms with E-state index in [1.807, 2.05) is 17.2 Å². The Morgan fingerprint density at radius 3 is 2.70 bits per heavy atom. The molecule has 0 spiro atoms. The molecule has 1 aromatic carbocycles. The highest BCUT2D eigenvalue weighted by atomic mass is 32.2. The molecule has 2 aliphatic heterocycles. The van der Waals surface area contributed by atoms with Gasteiger partial charge in [-0.1, -0.05) is 56.0 Å². The number of thiocarbonyl (C=S) groups is 1. The van der Waals surface area contributed by atoms with Crippen molar-refractivity contribution in [2.45, 2.75) is 26.8 Å². The maximum atomic E-state index is 14.3. The predicted molar refractivity (Wildman–Crippen MR) is 124 cm³/mol. The molecule has 8 heteroatoms. The van der Waals surface area contributed by atoms with Crippen LogP contribution >= 0.6 is 24.0 Å². The van der Waals surface area contributed by atoms with Gasteiger partial charge in [0.15, 0.2) is 0 Å². The molecule has 0 N–H and O–H groups in total. The van der Waals surface area contributed by atoms with Crippen LogP contribution in [0.2, 0.25) is 0 Å². The van der Waals surface area contributed by atoms with Crippen LogP contribution in [0.5, 0.6) is 0 Å². The first-order valence-electron chi connectivity index (χ1n) is 10.5. The zero-order valence-electron chi connectivity index (χ0n) is 17.7. The van der Waals surface area contributed by atoms with Crippen molar-refractivity contribution in [1.82, 2.24) is 14.7 Å². The highest BCUT2D eigenvalue weighted by Gasteiger charge is 2.32. The van der Waals surface area contributed by atoms with E-state index in [1.165, 1.54) is 17.8 Å². The van der Waals surface area contributed by atoms with Crippen LogP contribution in [0.1, 0.15) is 25.8 Å². The number of amides is 1. The maximum Gasteiger partial charge on any atom is 0.267 e. The molecule has 2 fully saturated rings. The number of benzene rings is 1. The van der Waals surface area contributed by atoms with Gasteiger partial charge in [-0.15, -0.1) is 0 Å². The van der Waals surface area contributed by atoms with Crippen molar-refractivity contribution in [3.8, 4) is 0 Å². The summed E-state index contributed by atoms with van der Waals surface area (Å²) in [5, 5.41) is 0. The summed E-state index contributed by atoms with van der Waals surface area (Å²) in [6, 6.07) is 6.79. The molecule has 0 bridgehead atoms. The molecule has 0 saturated carbocycles. The lowest BCUT2D eigenvalue weighted by Crippen LogP contribution is -2.40. The fraction of sp³-hybridized carbons (Fsp3) is 0.545. The van der Waals surface area contributed by atoms with Crippen LogP contribution in [0.25, 0.3) is 0 Å². The minimum absolute atomic E-state index is 0.0458. The summed E-state index contributed by atoms with van der Waals surface area (Å²) in [6.45, 7) is 10.1. The van der Waals surface area contributed by atoms with Crippen molar-refractivity contribution in [2.24, 2.45) is 5.92 Å². The number of hydrogen-bond donors (Lipinski definition) is 0. The monoisotopic (exact) mass is 451 g/mol. The van der Waals surface area contributed by atoms with Gasteiger partial charge in [-0.2, -0.15) is 0 Å². The highest BCUT2D eigenvalue weighted by Crippen LogP contribution is 2.32. The topological polar surface area (TPSA) is 36.0 Å². The molecule has 2 heterocycles. The van der Waals surface area contributed by atoms with Gasteiger partial charge in [0.05, 0.1) is 18.1 Å². The normalized spacial score (nSPS) is 19.3. The van der Waals surface area contributed by atoms with E-state index < -0.39 is 0 Å². The molecule has 2 saturated heterocycles. The van der Waals surface area contributed by atoms with Crippen LogP contribution in [-0.2, 0) is 16.1 Å². The zero-order valence-corrected chi connectivity index (χ0v) is 19.3. The van der Waals surface area contributed by atoms with Crippen LogP contribution in [0.3, 0.4) is 0 Å². The van der Waals surface area contributed by atoms with Crippen molar-refractivity contribution in [3.05, 3.63) is 46.8 Å². The van der Waals surface area contributed by atoms with Gasteiger partial charge in [-0.25, -0.2) is 4.39 Å². The van der Waals surface area contributed by atoms with E-state index in [9.17, 15) is 9.18 Å². The molecule has 0 aromatic heterocycles. The Bertz CT molecular complexity index is 781. The van der Waals surface area contributed by atoms with Crippen molar-refractivity contribution < 1.29 is 13.9 Å². The number of ether oxygens (including phenoxy) is 1. The van der Waals surface area contributed by atoms with Crippen molar-refractivity contribution >= 4 is 34.2 Å². The molecular formula is C22H30FN3O2S2. The number of morpholine rings is 1. The number of carbonyl (C=O) groups excluding carboxylic acids is 1. The average Bonchev–Trinajstić information content (AvgIpc) is 2.99. The van der Waals surface area contributed by atoms with Gasteiger partial charge >= 0.3 is 0 Å². The lowest BCUT2D eigenvalue weighted by Gasteiger charge is -2.29. The molecule has 5 nitrogen and oxygen atoms in total. The number of halogens is 1. The number of carbonyl (C=O) groups is 1. The van der Waals surface area contributed by atoms with Gasteiger partial charge in [-0.3, -0.25) is 14.6 Å². The van der Waals surface area contributed by atoms with Crippen LogP contribution in [-0.4, -0.2) is 70.9 Å². The zero-order chi connectivity index (χ0) is 21.5. The predicted octanol–water partition coefficient (Wildman–Crippen LogP) is 3.71. The summed E-state index contributed by atoms with van der Waals surface area (Å²) in [5.41, 5.74) is 0.617. The van der Waals surface area contributed by atoms with Gasteiger partial charge < -0.3 is 9.64 Å².